The molecule has 1 aliphatic heterocycles. The maximum atomic E-state index is 12.5. The SMILES string of the molecule is Cc1cc(C(=O)N2CCN([C@H]3CCC[C@H]3O)CC2)n(C)n1. The van der Waals surface area contributed by atoms with Crippen molar-refractivity contribution in [2.45, 2.75) is 38.3 Å². The molecule has 21 heavy (non-hydrogen) atoms. The topological polar surface area (TPSA) is 61.6 Å². The number of amides is 1. The molecule has 1 amide bonds. The minimum atomic E-state index is -0.188. The number of hydrogen-bond acceptors (Lipinski definition) is 4. The lowest BCUT2D eigenvalue weighted by Crippen LogP contribution is -2.53. The van der Waals surface area contributed by atoms with Gasteiger partial charge in [-0.3, -0.25) is 14.4 Å². The fourth-order valence-corrected chi connectivity index (χ4v) is 3.58. The summed E-state index contributed by atoms with van der Waals surface area (Å²) in [6.07, 6.45) is 2.92. The molecule has 0 spiro atoms. The van der Waals surface area contributed by atoms with E-state index >= 15 is 0 Å². The van der Waals surface area contributed by atoms with Crippen LogP contribution in [0.3, 0.4) is 0 Å². The Morgan fingerprint density at radius 1 is 1.29 bits per heavy atom. The monoisotopic (exact) mass is 292 g/mol. The lowest BCUT2D eigenvalue weighted by Gasteiger charge is -2.39. The summed E-state index contributed by atoms with van der Waals surface area (Å²) >= 11 is 0. The Labute approximate surface area is 125 Å². The molecule has 6 heteroatoms. The molecule has 6 nitrogen and oxygen atoms in total. The van der Waals surface area contributed by atoms with Crippen molar-refractivity contribution in [2.24, 2.45) is 7.05 Å². The van der Waals surface area contributed by atoms with Gasteiger partial charge < -0.3 is 10.0 Å². The molecular formula is C15H24N4O2. The van der Waals surface area contributed by atoms with Gasteiger partial charge in [-0.2, -0.15) is 5.10 Å². The molecule has 1 aromatic rings. The van der Waals surface area contributed by atoms with Crippen molar-refractivity contribution in [3.8, 4) is 0 Å². The number of nitrogens with zero attached hydrogens (tertiary/aromatic N) is 4. The third kappa shape index (κ3) is 2.82. The van der Waals surface area contributed by atoms with Gasteiger partial charge in [0.25, 0.3) is 5.91 Å². The zero-order chi connectivity index (χ0) is 15.0. The fourth-order valence-electron chi connectivity index (χ4n) is 3.58. The summed E-state index contributed by atoms with van der Waals surface area (Å²) < 4.78 is 1.66. The van der Waals surface area contributed by atoms with Crippen LogP contribution in [0.25, 0.3) is 0 Å². The zero-order valence-electron chi connectivity index (χ0n) is 12.8. The second-order valence-electron chi connectivity index (χ2n) is 6.19. The molecule has 0 bridgehead atoms. The van der Waals surface area contributed by atoms with Crippen molar-refractivity contribution in [2.75, 3.05) is 26.2 Å². The molecule has 1 saturated heterocycles. The van der Waals surface area contributed by atoms with Crippen LogP contribution in [0, 0.1) is 6.92 Å². The number of rotatable bonds is 2. The summed E-state index contributed by atoms with van der Waals surface area (Å²) in [6, 6.07) is 2.14. The Hall–Kier alpha value is -1.40. The highest BCUT2D eigenvalue weighted by Gasteiger charge is 2.33. The highest BCUT2D eigenvalue weighted by atomic mass is 16.3. The van der Waals surface area contributed by atoms with E-state index in [0.29, 0.717) is 11.7 Å². The number of aromatic nitrogens is 2. The van der Waals surface area contributed by atoms with Gasteiger partial charge in [0, 0.05) is 39.3 Å². The summed E-state index contributed by atoms with van der Waals surface area (Å²) in [5.74, 6) is 0.0599. The summed E-state index contributed by atoms with van der Waals surface area (Å²) in [7, 11) is 1.81. The largest absolute Gasteiger partial charge is 0.391 e. The van der Waals surface area contributed by atoms with E-state index in [9.17, 15) is 9.90 Å². The standard InChI is InChI=1S/C15H24N4O2/c1-11-10-13(17(2)16-11)15(21)19-8-6-18(7-9-19)12-4-3-5-14(12)20/h10,12,14,20H,3-9H2,1-2H3/t12-,14+/m0/s1. The molecule has 0 radical (unpaired) electrons. The summed E-state index contributed by atoms with van der Waals surface area (Å²) in [5.41, 5.74) is 1.52. The number of aliphatic hydroxyl groups is 1. The van der Waals surface area contributed by atoms with Crippen molar-refractivity contribution in [1.82, 2.24) is 19.6 Å². The highest BCUT2D eigenvalue weighted by Crippen LogP contribution is 2.25. The van der Waals surface area contributed by atoms with Crippen molar-refractivity contribution < 1.29 is 9.90 Å². The zero-order valence-corrected chi connectivity index (χ0v) is 12.8. The van der Waals surface area contributed by atoms with Crippen LogP contribution in [-0.4, -0.2) is 68.9 Å². The normalized spacial score (nSPS) is 27.3. The van der Waals surface area contributed by atoms with E-state index in [0.717, 1.165) is 51.1 Å². The van der Waals surface area contributed by atoms with Crippen LogP contribution < -0.4 is 0 Å². The first-order valence-corrected chi connectivity index (χ1v) is 7.78. The minimum Gasteiger partial charge on any atom is -0.391 e. The Morgan fingerprint density at radius 3 is 2.52 bits per heavy atom. The molecule has 3 rings (SSSR count). The van der Waals surface area contributed by atoms with Gasteiger partial charge >= 0.3 is 0 Å². The van der Waals surface area contributed by atoms with Crippen LogP contribution in [-0.2, 0) is 7.05 Å². The van der Waals surface area contributed by atoms with Crippen LogP contribution in [0.5, 0.6) is 0 Å². The first-order valence-electron chi connectivity index (χ1n) is 7.78. The molecule has 0 unspecified atom stereocenters. The average molecular weight is 292 g/mol. The van der Waals surface area contributed by atoms with Gasteiger partial charge in [0.15, 0.2) is 0 Å². The third-order valence-electron chi connectivity index (χ3n) is 4.74. The van der Waals surface area contributed by atoms with E-state index in [2.05, 4.69) is 10.00 Å². The van der Waals surface area contributed by atoms with Gasteiger partial charge in [-0.25, -0.2) is 0 Å². The third-order valence-corrected chi connectivity index (χ3v) is 4.74. The van der Waals surface area contributed by atoms with Crippen molar-refractivity contribution in [3.05, 3.63) is 17.5 Å². The molecule has 116 valence electrons. The van der Waals surface area contributed by atoms with Crippen molar-refractivity contribution >= 4 is 5.91 Å². The van der Waals surface area contributed by atoms with Gasteiger partial charge in [-0.05, 0) is 32.3 Å². The lowest BCUT2D eigenvalue weighted by molar-refractivity contribution is 0.0311. The van der Waals surface area contributed by atoms with E-state index in [1.54, 1.807) is 4.68 Å². The van der Waals surface area contributed by atoms with Crippen LogP contribution in [0.2, 0.25) is 0 Å². The predicted octanol–water partition coefficient (Wildman–Crippen LogP) is 0.400. The van der Waals surface area contributed by atoms with E-state index in [1.165, 1.54) is 0 Å². The molecule has 1 aliphatic carbocycles. The maximum absolute atomic E-state index is 12.5. The van der Waals surface area contributed by atoms with E-state index < -0.39 is 0 Å². The van der Waals surface area contributed by atoms with Gasteiger partial charge in [-0.1, -0.05) is 0 Å². The van der Waals surface area contributed by atoms with E-state index in [-0.39, 0.29) is 12.0 Å². The van der Waals surface area contributed by atoms with E-state index in [4.69, 9.17) is 0 Å². The number of aryl methyl sites for hydroxylation is 2. The van der Waals surface area contributed by atoms with Crippen LogP contribution >= 0.6 is 0 Å². The molecule has 2 heterocycles. The molecule has 2 fully saturated rings. The second kappa shape index (κ2) is 5.77. The predicted molar refractivity (Wildman–Crippen MR) is 79.1 cm³/mol. The number of carbonyl (C=O) groups is 1. The molecule has 2 aliphatic rings. The smallest absolute Gasteiger partial charge is 0.272 e. The molecule has 1 aromatic heterocycles. The Morgan fingerprint density at radius 2 is 2.00 bits per heavy atom. The van der Waals surface area contributed by atoms with Crippen LogP contribution in [0.1, 0.15) is 35.4 Å². The average Bonchev–Trinajstić information content (AvgIpc) is 3.04. The second-order valence-corrected chi connectivity index (χ2v) is 6.19. The Kier molecular flexibility index (Phi) is 3.99. The number of hydrogen-bond donors (Lipinski definition) is 1. The number of aliphatic hydroxyl groups excluding tert-OH is 1. The Balaban J connectivity index is 1.60. The van der Waals surface area contributed by atoms with Gasteiger partial charge in [0.1, 0.15) is 5.69 Å². The van der Waals surface area contributed by atoms with Gasteiger partial charge in [0.05, 0.1) is 11.8 Å². The van der Waals surface area contributed by atoms with E-state index in [1.807, 2.05) is 24.9 Å². The lowest BCUT2D eigenvalue weighted by atomic mass is 10.1. The summed E-state index contributed by atoms with van der Waals surface area (Å²) in [5, 5.41) is 14.2. The number of carbonyl (C=O) groups excluding carboxylic acids is 1. The summed E-state index contributed by atoms with van der Waals surface area (Å²) in [4.78, 5) is 16.8. The first kappa shape index (κ1) is 14.5. The molecule has 2 atom stereocenters. The number of piperazine rings is 1. The molecular weight excluding hydrogens is 268 g/mol. The first-order chi connectivity index (χ1) is 10.1. The Bertz CT molecular complexity index is 520. The van der Waals surface area contributed by atoms with Gasteiger partial charge in [0.2, 0.25) is 0 Å². The van der Waals surface area contributed by atoms with Crippen molar-refractivity contribution in [1.29, 1.82) is 0 Å². The molecule has 0 aromatic carbocycles. The van der Waals surface area contributed by atoms with Crippen LogP contribution in [0.15, 0.2) is 6.07 Å². The molecule has 1 saturated carbocycles. The fraction of sp³-hybridized carbons (Fsp3) is 0.733. The summed E-state index contributed by atoms with van der Waals surface area (Å²) in [6.45, 7) is 5.06. The highest BCUT2D eigenvalue weighted by molar-refractivity contribution is 5.92. The van der Waals surface area contributed by atoms with Crippen LogP contribution in [0.4, 0.5) is 0 Å². The molecule has 1 N–H and O–H groups in total. The van der Waals surface area contributed by atoms with Gasteiger partial charge in [-0.15, -0.1) is 0 Å². The maximum Gasteiger partial charge on any atom is 0.272 e. The van der Waals surface area contributed by atoms with Crippen molar-refractivity contribution in [3.63, 3.8) is 0 Å². The minimum absolute atomic E-state index is 0.0599. The quantitative estimate of drug-likeness (QED) is 0.857.